The molecule has 84 valence electrons. The van der Waals surface area contributed by atoms with Crippen LogP contribution in [0.15, 0.2) is 24.3 Å². The van der Waals surface area contributed by atoms with Gasteiger partial charge in [0.25, 0.3) is 0 Å². The number of rotatable bonds is 1. The second-order valence-electron chi connectivity index (χ2n) is 6.03. The summed E-state index contributed by atoms with van der Waals surface area (Å²) in [4.78, 5) is 0. The maximum atomic E-state index is 4.11. The van der Waals surface area contributed by atoms with Gasteiger partial charge in [-0.15, -0.1) is 0 Å². The van der Waals surface area contributed by atoms with Gasteiger partial charge in [0.1, 0.15) is 0 Å². The normalized spacial score (nSPS) is 44.9. The highest BCUT2D eigenvalue weighted by atomic mass is 14.5. The van der Waals surface area contributed by atoms with Crippen molar-refractivity contribution in [2.75, 3.05) is 0 Å². The Hall–Kier alpha value is -0.520. The molecular weight excluding hydrogens is 180 g/mol. The molecule has 0 aromatic carbocycles. The first kappa shape index (κ1) is 11.0. The van der Waals surface area contributed by atoms with E-state index >= 15 is 0 Å². The van der Waals surface area contributed by atoms with Crippen LogP contribution in [0.3, 0.4) is 0 Å². The topological polar surface area (TPSA) is 0 Å². The second-order valence-corrected chi connectivity index (χ2v) is 6.03. The highest BCUT2D eigenvalue weighted by molar-refractivity contribution is 5.17. The molecular formula is C15H24. The average Bonchev–Trinajstić information content (AvgIpc) is 2.17. The van der Waals surface area contributed by atoms with Gasteiger partial charge in [0, 0.05) is 0 Å². The van der Waals surface area contributed by atoms with Crippen molar-refractivity contribution >= 4 is 0 Å². The lowest BCUT2D eigenvalue weighted by Gasteiger charge is -2.47. The van der Waals surface area contributed by atoms with Crippen LogP contribution in [0, 0.1) is 23.2 Å². The molecule has 1 saturated carbocycles. The van der Waals surface area contributed by atoms with E-state index in [0.717, 1.165) is 11.8 Å². The predicted octanol–water partition coefficient (Wildman–Crippen LogP) is 4.58. The molecule has 4 atom stereocenters. The zero-order valence-corrected chi connectivity index (χ0v) is 10.4. The van der Waals surface area contributed by atoms with Crippen molar-refractivity contribution in [3.63, 3.8) is 0 Å². The molecule has 0 bridgehead atoms. The van der Waals surface area contributed by atoms with Gasteiger partial charge in [-0.1, -0.05) is 51.0 Å². The summed E-state index contributed by atoms with van der Waals surface area (Å²) in [5, 5.41) is 0. The molecule has 0 nitrogen and oxygen atoms in total. The highest BCUT2D eigenvalue weighted by Gasteiger charge is 2.41. The third-order valence-electron chi connectivity index (χ3n) is 4.76. The molecule has 2 aliphatic carbocycles. The van der Waals surface area contributed by atoms with E-state index in [4.69, 9.17) is 0 Å². The van der Waals surface area contributed by atoms with E-state index in [1.807, 2.05) is 0 Å². The van der Waals surface area contributed by atoms with E-state index in [9.17, 15) is 0 Å². The van der Waals surface area contributed by atoms with E-state index < -0.39 is 0 Å². The lowest BCUT2D eigenvalue weighted by Crippen LogP contribution is -2.38. The molecule has 0 radical (unpaired) electrons. The number of fused-ring (bicyclic) bond motifs is 1. The second kappa shape index (κ2) is 3.81. The summed E-state index contributed by atoms with van der Waals surface area (Å²) in [6, 6.07) is 0. The average molecular weight is 204 g/mol. The van der Waals surface area contributed by atoms with Crippen LogP contribution in [0.2, 0.25) is 0 Å². The Morgan fingerprint density at radius 1 is 1.47 bits per heavy atom. The molecule has 2 rings (SSSR count). The van der Waals surface area contributed by atoms with Gasteiger partial charge in [-0.25, -0.2) is 0 Å². The minimum atomic E-state index is 0.490. The third kappa shape index (κ3) is 1.91. The van der Waals surface area contributed by atoms with Crippen LogP contribution >= 0.6 is 0 Å². The molecule has 0 aromatic heterocycles. The molecule has 0 amide bonds. The highest BCUT2D eigenvalue weighted by Crippen LogP contribution is 2.51. The molecule has 0 heteroatoms. The zero-order chi connectivity index (χ0) is 11.1. The van der Waals surface area contributed by atoms with Crippen molar-refractivity contribution in [3.8, 4) is 0 Å². The fourth-order valence-electron chi connectivity index (χ4n) is 3.60. The lowest BCUT2D eigenvalue weighted by molar-refractivity contribution is 0.0860. The zero-order valence-electron chi connectivity index (χ0n) is 10.4. The standard InChI is InChI=1S/C15H24/c1-11(2)13-7-9-15(4)8-5-6-12(3)14(15)10-13/h7,9,12-14H,1,5-6,8,10H2,2-4H3/t12-,13+,14-,15+/m1/s1. The fraction of sp³-hybridized carbons (Fsp3) is 0.733. The van der Waals surface area contributed by atoms with Gasteiger partial charge in [0.05, 0.1) is 0 Å². The Labute approximate surface area is 94.5 Å². The van der Waals surface area contributed by atoms with Crippen molar-refractivity contribution < 1.29 is 0 Å². The molecule has 0 heterocycles. The first-order valence-electron chi connectivity index (χ1n) is 6.38. The number of allylic oxidation sites excluding steroid dienone is 3. The van der Waals surface area contributed by atoms with Crippen LogP contribution in [-0.4, -0.2) is 0 Å². The Bertz CT molecular complexity index is 286. The number of hydrogen-bond acceptors (Lipinski definition) is 0. The fourth-order valence-corrected chi connectivity index (χ4v) is 3.60. The van der Waals surface area contributed by atoms with Crippen LogP contribution in [0.5, 0.6) is 0 Å². The Balaban J connectivity index is 2.23. The summed E-state index contributed by atoms with van der Waals surface area (Å²) >= 11 is 0. The van der Waals surface area contributed by atoms with E-state index in [-0.39, 0.29) is 0 Å². The molecule has 0 aliphatic heterocycles. The largest absolute Gasteiger partial charge is 0.0995 e. The third-order valence-corrected chi connectivity index (χ3v) is 4.76. The van der Waals surface area contributed by atoms with Crippen LogP contribution in [0.4, 0.5) is 0 Å². The molecule has 2 aliphatic rings. The lowest BCUT2D eigenvalue weighted by atomic mass is 9.57. The Morgan fingerprint density at radius 2 is 2.20 bits per heavy atom. The molecule has 0 spiro atoms. The maximum absolute atomic E-state index is 4.11. The van der Waals surface area contributed by atoms with E-state index in [1.165, 1.54) is 31.3 Å². The molecule has 15 heavy (non-hydrogen) atoms. The molecule has 1 fully saturated rings. The number of hydrogen-bond donors (Lipinski definition) is 0. The van der Waals surface area contributed by atoms with E-state index in [0.29, 0.717) is 11.3 Å². The summed E-state index contributed by atoms with van der Waals surface area (Å²) < 4.78 is 0. The summed E-state index contributed by atoms with van der Waals surface area (Å²) in [5.41, 5.74) is 1.83. The van der Waals surface area contributed by atoms with Crippen molar-refractivity contribution in [1.29, 1.82) is 0 Å². The quantitative estimate of drug-likeness (QED) is 0.548. The van der Waals surface area contributed by atoms with Gasteiger partial charge < -0.3 is 0 Å². The van der Waals surface area contributed by atoms with Gasteiger partial charge in [0.15, 0.2) is 0 Å². The van der Waals surface area contributed by atoms with Gasteiger partial charge in [-0.05, 0) is 42.9 Å². The molecule has 0 saturated heterocycles. The Kier molecular flexibility index (Phi) is 2.79. The van der Waals surface area contributed by atoms with E-state index in [1.54, 1.807) is 0 Å². The van der Waals surface area contributed by atoms with Gasteiger partial charge in [-0.3, -0.25) is 0 Å². The summed E-state index contributed by atoms with van der Waals surface area (Å²) in [6.07, 6.45) is 10.5. The SMILES string of the molecule is C=C(C)[C@H]1C=C[C@]2(C)CCC[C@@H](C)[C@H]2C1. The van der Waals surface area contributed by atoms with Gasteiger partial charge >= 0.3 is 0 Å². The van der Waals surface area contributed by atoms with Gasteiger partial charge in [-0.2, -0.15) is 0 Å². The summed E-state index contributed by atoms with van der Waals surface area (Å²) in [5.74, 6) is 2.43. The predicted molar refractivity (Wildman–Crippen MR) is 66.7 cm³/mol. The van der Waals surface area contributed by atoms with Gasteiger partial charge in [0.2, 0.25) is 0 Å². The monoisotopic (exact) mass is 204 g/mol. The van der Waals surface area contributed by atoms with Crippen molar-refractivity contribution in [3.05, 3.63) is 24.3 Å². The van der Waals surface area contributed by atoms with Crippen molar-refractivity contribution in [2.24, 2.45) is 23.2 Å². The Morgan fingerprint density at radius 3 is 2.87 bits per heavy atom. The maximum Gasteiger partial charge on any atom is -0.00255 e. The smallest absolute Gasteiger partial charge is 0.00255 e. The molecule has 0 N–H and O–H groups in total. The first-order chi connectivity index (χ1) is 7.03. The van der Waals surface area contributed by atoms with Crippen LogP contribution < -0.4 is 0 Å². The molecule has 0 unspecified atom stereocenters. The van der Waals surface area contributed by atoms with E-state index in [2.05, 4.69) is 39.5 Å². The minimum Gasteiger partial charge on any atom is -0.0995 e. The van der Waals surface area contributed by atoms with Crippen LogP contribution in [-0.2, 0) is 0 Å². The van der Waals surface area contributed by atoms with Crippen molar-refractivity contribution in [2.45, 2.75) is 46.5 Å². The molecule has 0 aromatic rings. The van der Waals surface area contributed by atoms with Crippen LogP contribution in [0.25, 0.3) is 0 Å². The minimum absolute atomic E-state index is 0.490. The van der Waals surface area contributed by atoms with Crippen molar-refractivity contribution in [1.82, 2.24) is 0 Å². The summed E-state index contributed by atoms with van der Waals surface area (Å²) in [7, 11) is 0. The van der Waals surface area contributed by atoms with Crippen LogP contribution in [0.1, 0.15) is 46.5 Å². The first-order valence-corrected chi connectivity index (χ1v) is 6.38. The summed E-state index contributed by atoms with van der Waals surface area (Å²) in [6.45, 7) is 11.2.